The summed E-state index contributed by atoms with van der Waals surface area (Å²) in [6, 6.07) is 3.37. The standard InChI is InChI=1S/C14H14F2N4O/c15-9-3-8(4-10(16)6-9)5-13-18-12-1-2-21-7-11(12)14(19-13)20-17/h3-4,6H,1-2,5,7,17H2,(H,18,19,20). The molecule has 110 valence electrons. The second kappa shape index (κ2) is 5.71. The lowest BCUT2D eigenvalue weighted by atomic mass is 10.1. The third-order valence-electron chi connectivity index (χ3n) is 3.29. The predicted molar refractivity (Wildman–Crippen MR) is 72.4 cm³/mol. The zero-order chi connectivity index (χ0) is 14.8. The fourth-order valence-corrected chi connectivity index (χ4v) is 2.38. The number of benzene rings is 1. The molecule has 0 unspecified atom stereocenters. The predicted octanol–water partition coefficient (Wildman–Crippen LogP) is 1.70. The Morgan fingerprint density at radius 3 is 2.67 bits per heavy atom. The van der Waals surface area contributed by atoms with Gasteiger partial charge in [-0.05, 0) is 17.7 Å². The molecule has 0 atom stereocenters. The number of nitrogen functional groups attached to an aromatic ring is 1. The SMILES string of the molecule is NNc1nc(Cc2cc(F)cc(F)c2)nc2c1COCC2. The lowest BCUT2D eigenvalue weighted by Crippen LogP contribution is -2.20. The van der Waals surface area contributed by atoms with E-state index in [2.05, 4.69) is 15.4 Å². The Morgan fingerprint density at radius 1 is 1.19 bits per heavy atom. The van der Waals surface area contributed by atoms with Gasteiger partial charge in [0.2, 0.25) is 0 Å². The van der Waals surface area contributed by atoms with Crippen molar-refractivity contribution in [3.63, 3.8) is 0 Å². The van der Waals surface area contributed by atoms with Crippen LogP contribution in [-0.2, 0) is 24.2 Å². The maximum Gasteiger partial charge on any atom is 0.149 e. The second-order valence-electron chi connectivity index (χ2n) is 4.82. The first kappa shape index (κ1) is 13.8. The summed E-state index contributed by atoms with van der Waals surface area (Å²) in [6.07, 6.45) is 0.897. The number of fused-ring (bicyclic) bond motifs is 1. The van der Waals surface area contributed by atoms with Crippen LogP contribution in [0.2, 0.25) is 0 Å². The minimum absolute atomic E-state index is 0.234. The van der Waals surface area contributed by atoms with Gasteiger partial charge in [-0.1, -0.05) is 0 Å². The van der Waals surface area contributed by atoms with Gasteiger partial charge in [0.1, 0.15) is 23.3 Å². The van der Waals surface area contributed by atoms with Gasteiger partial charge >= 0.3 is 0 Å². The Kier molecular flexibility index (Phi) is 3.76. The monoisotopic (exact) mass is 292 g/mol. The molecule has 0 bridgehead atoms. The van der Waals surface area contributed by atoms with E-state index < -0.39 is 11.6 Å². The summed E-state index contributed by atoms with van der Waals surface area (Å²) in [6.45, 7) is 0.992. The van der Waals surface area contributed by atoms with Gasteiger partial charge in [0.25, 0.3) is 0 Å². The smallest absolute Gasteiger partial charge is 0.149 e. The van der Waals surface area contributed by atoms with Gasteiger partial charge in [-0.15, -0.1) is 0 Å². The summed E-state index contributed by atoms with van der Waals surface area (Å²) >= 11 is 0. The largest absolute Gasteiger partial charge is 0.376 e. The van der Waals surface area contributed by atoms with Crippen LogP contribution in [0.25, 0.3) is 0 Å². The van der Waals surface area contributed by atoms with Crippen LogP contribution in [-0.4, -0.2) is 16.6 Å². The van der Waals surface area contributed by atoms with Crippen molar-refractivity contribution in [1.29, 1.82) is 0 Å². The highest BCUT2D eigenvalue weighted by molar-refractivity contribution is 5.46. The Labute approximate surface area is 120 Å². The number of hydrogen-bond donors (Lipinski definition) is 2. The topological polar surface area (TPSA) is 73.1 Å². The Morgan fingerprint density at radius 2 is 1.95 bits per heavy atom. The molecule has 0 radical (unpaired) electrons. The van der Waals surface area contributed by atoms with Gasteiger partial charge in [-0.3, -0.25) is 0 Å². The first-order chi connectivity index (χ1) is 10.2. The minimum Gasteiger partial charge on any atom is -0.376 e. The van der Waals surface area contributed by atoms with E-state index >= 15 is 0 Å². The Hall–Kier alpha value is -2.12. The van der Waals surface area contributed by atoms with E-state index in [-0.39, 0.29) is 6.42 Å². The van der Waals surface area contributed by atoms with E-state index in [1.807, 2.05) is 0 Å². The number of aromatic nitrogens is 2. The number of hydrogen-bond acceptors (Lipinski definition) is 5. The third kappa shape index (κ3) is 2.98. The second-order valence-corrected chi connectivity index (χ2v) is 4.82. The van der Waals surface area contributed by atoms with E-state index in [4.69, 9.17) is 10.6 Å². The van der Waals surface area contributed by atoms with Crippen LogP contribution in [0.15, 0.2) is 18.2 Å². The van der Waals surface area contributed by atoms with Crippen molar-refractivity contribution < 1.29 is 13.5 Å². The van der Waals surface area contributed by atoms with E-state index in [0.29, 0.717) is 36.8 Å². The normalized spacial score (nSPS) is 13.9. The van der Waals surface area contributed by atoms with Crippen molar-refractivity contribution in [1.82, 2.24) is 9.97 Å². The summed E-state index contributed by atoms with van der Waals surface area (Å²) in [4.78, 5) is 8.73. The lowest BCUT2D eigenvalue weighted by Gasteiger charge is -2.19. The summed E-state index contributed by atoms with van der Waals surface area (Å²) in [5, 5.41) is 0. The van der Waals surface area contributed by atoms with Gasteiger partial charge in [-0.25, -0.2) is 24.6 Å². The molecular formula is C14H14F2N4O. The molecule has 0 fully saturated rings. The zero-order valence-electron chi connectivity index (χ0n) is 11.2. The molecule has 0 saturated carbocycles. The van der Waals surface area contributed by atoms with E-state index in [0.717, 1.165) is 17.3 Å². The average Bonchev–Trinajstić information content (AvgIpc) is 2.45. The van der Waals surface area contributed by atoms with Gasteiger partial charge < -0.3 is 10.2 Å². The lowest BCUT2D eigenvalue weighted by molar-refractivity contribution is 0.109. The number of ether oxygens (including phenoxy) is 1. The molecule has 7 heteroatoms. The van der Waals surface area contributed by atoms with Crippen molar-refractivity contribution in [2.24, 2.45) is 5.84 Å². The van der Waals surface area contributed by atoms with Crippen molar-refractivity contribution >= 4 is 5.82 Å². The number of nitrogens with one attached hydrogen (secondary N) is 1. The molecule has 21 heavy (non-hydrogen) atoms. The number of anilines is 1. The Balaban J connectivity index is 1.95. The molecule has 1 aliphatic heterocycles. The van der Waals surface area contributed by atoms with Crippen LogP contribution in [0, 0.1) is 11.6 Å². The molecule has 3 rings (SSSR count). The van der Waals surface area contributed by atoms with E-state index in [1.54, 1.807) is 0 Å². The highest BCUT2D eigenvalue weighted by Crippen LogP contribution is 2.22. The molecule has 5 nitrogen and oxygen atoms in total. The van der Waals surface area contributed by atoms with Gasteiger partial charge in [0.05, 0.1) is 18.9 Å². The Bertz CT molecular complexity index is 641. The third-order valence-corrected chi connectivity index (χ3v) is 3.29. The maximum atomic E-state index is 13.2. The molecule has 3 N–H and O–H groups in total. The molecule has 0 aliphatic carbocycles. The molecule has 2 heterocycles. The minimum atomic E-state index is -0.617. The summed E-state index contributed by atoms with van der Waals surface area (Å²) in [7, 11) is 0. The van der Waals surface area contributed by atoms with E-state index in [9.17, 15) is 8.78 Å². The first-order valence-electron chi connectivity index (χ1n) is 6.53. The van der Waals surface area contributed by atoms with Crippen LogP contribution < -0.4 is 11.3 Å². The van der Waals surface area contributed by atoms with Crippen LogP contribution >= 0.6 is 0 Å². The van der Waals surface area contributed by atoms with Gasteiger partial charge in [-0.2, -0.15) is 0 Å². The molecular weight excluding hydrogens is 278 g/mol. The van der Waals surface area contributed by atoms with Gasteiger partial charge in [0.15, 0.2) is 0 Å². The maximum absolute atomic E-state index is 13.2. The van der Waals surface area contributed by atoms with Crippen LogP contribution in [0.4, 0.5) is 14.6 Å². The van der Waals surface area contributed by atoms with Crippen molar-refractivity contribution in [3.8, 4) is 0 Å². The summed E-state index contributed by atoms with van der Waals surface area (Å²) in [5.41, 5.74) is 4.69. The van der Waals surface area contributed by atoms with Crippen LogP contribution in [0.5, 0.6) is 0 Å². The molecule has 0 amide bonds. The van der Waals surface area contributed by atoms with Crippen LogP contribution in [0.1, 0.15) is 22.6 Å². The van der Waals surface area contributed by atoms with Crippen molar-refractivity contribution in [3.05, 3.63) is 52.5 Å². The molecule has 0 saturated heterocycles. The van der Waals surface area contributed by atoms with E-state index in [1.165, 1.54) is 12.1 Å². The van der Waals surface area contributed by atoms with Crippen LogP contribution in [0.3, 0.4) is 0 Å². The molecule has 1 aromatic heterocycles. The number of nitrogens with two attached hydrogens (primary N) is 1. The molecule has 1 aliphatic rings. The highest BCUT2D eigenvalue weighted by atomic mass is 19.1. The fourth-order valence-electron chi connectivity index (χ4n) is 2.38. The number of nitrogens with zero attached hydrogens (tertiary/aromatic N) is 2. The number of rotatable bonds is 3. The first-order valence-corrected chi connectivity index (χ1v) is 6.53. The number of halogens is 2. The molecule has 2 aromatic rings. The van der Waals surface area contributed by atoms with Gasteiger partial charge in [0, 0.05) is 24.5 Å². The average molecular weight is 292 g/mol. The zero-order valence-corrected chi connectivity index (χ0v) is 11.2. The summed E-state index contributed by atoms with van der Waals surface area (Å²) < 4.78 is 31.8. The van der Waals surface area contributed by atoms with Crippen molar-refractivity contribution in [2.75, 3.05) is 12.0 Å². The highest BCUT2D eigenvalue weighted by Gasteiger charge is 2.18. The fraction of sp³-hybridized carbons (Fsp3) is 0.286. The summed E-state index contributed by atoms with van der Waals surface area (Å²) in [5.74, 6) is 5.19. The molecule has 0 spiro atoms. The van der Waals surface area contributed by atoms with Crippen molar-refractivity contribution in [2.45, 2.75) is 19.4 Å². The number of hydrazine groups is 1. The quantitative estimate of drug-likeness (QED) is 0.665. The molecule has 1 aromatic carbocycles.